The molecule has 0 atom stereocenters. The van der Waals surface area contributed by atoms with E-state index in [0.717, 1.165) is 33.4 Å². The number of amides is 4. The van der Waals surface area contributed by atoms with Crippen molar-refractivity contribution >= 4 is 70.7 Å². The van der Waals surface area contributed by atoms with Crippen LogP contribution in [-0.2, 0) is 19.2 Å². The Morgan fingerprint density at radius 3 is 0.680 bits per heavy atom. The molecule has 0 bridgehead atoms. The maximum Gasteiger partial charge on any atom is 0.221 e. The number of carbonyl (C=O) groups excluding carboxylic acids is 4. The molecule has 0 aliphatic heterocycles. The first kappa shape index (κ1) is 36.3. The summed E-state index contributed by atoms with van der Waals surface area (Å²) < 4.78 is 0. The highest BCUT2D eigenvalue weighted by atomic mass is 16.2. The van der Waals surface area contributed by atoms with E-state index in [4.69, 9.17) is 0 Å². The highest BCUT2D eigenvalue weighted by Crippen LogP contribution is 2.21. The van der Waals surface area contributed by atoms with Gasteiger partial charge in [-0.25, -0.2) is 0 Å². The van der Waals surface area contributed by atoms with Crippen molar-refractivity contribution < 1.29 is 19.2 Å². The molecule has 4 N–H and O–H groups in total. The molecule has 50 heavy (non-hydrogen) atoms. The van der Waals surface area contributed by atoms with Gasteiger partial charge in [-0.2, -0.15) is 0 Å². The highest BCUT2D eigenvalue weighted by Gasteiger charge is 2.02. The molecule has 0 spiro atoms. The van der Waals surface area contributed by atoms with Crippen molar-refractivity contribution in [2.24, 2.45) is 0 Å². The van der Waals surface area contributed by atoms with Crippen LogP contribution in [0.3, 0.4) is 0 Å². The second-order valence-electron chi connectivity index (χ2n) is 11.5. The lowest BCUT2D eigenvalue weighted by atomic mass is 10.0. The van der Waals surface area contributed by atoms with Gasteiger partial charge >= 0.3 is 0 Å². The maximum absolute atomic E-state index is 11.5. The Kier molecular flexibility index (Phi) is 13.2. The first-order valence-electron chi connectivity index (χ1n) is 16.0. The topological polar surface area (TPSA) is 116 Å². The smallest absolute Gasteiger partial charge is 0.221 e. The summed E-state index contributed by atoms with van der Waals surface area (Å²) in [6.45, 7) is 5.90. The van der Waals surface area contributed by atoms with E-state index in [1.165, 1.54) is 27.7 Å². The van der Waals surface area contributed by atoms with Crippen LogP contribution in [0.1, 0.15) is 49.9 Å². The van der Waals surface area contributed by atoms with Gasteiger partial charge in [0.05, 0.1) is 0 Å². The molecular formula is C42H40N4O4. The molecule has 4 amide bonds. The summed E-state index contributed by atoms with van der Waals surface area (Å²) in [5, 5.41) is 11.2. The Bertz CT molecular complexity index is 1680. The number of allylic oxidation sites excluding steroid dienone is 6. The van der Waals surface area contributed by atoms with Crippen LogP contribution in [0.5, 0.6) is 0 Å². The Morgan fingerprint density at radius 1 is 0.340 bits per heavy atom. The normalized spacial score (nSPS) is 11.2. The molecule has 0 saturated heterocycles. The lowest BCUT2D eigenvalue weighted by molar-refractivity contribution is -0.115. The zero-order valence-corrected chi connectivity index (χ0v) is 28.5. The van der Waals surface area contributed by atoms with E-state index in [-0.39, 0.29) is 23.6 Å². The van der Waals surface area contributed by atoms with E-state index >= 15 is 0 Å². The highest BCUT2D eigenvalue weighted by molar-refractivity contribution is 5.90. The molecule has 0 aliphatic rings. The van der Waals surface area contributed by atoms with Gasteiger partial charge in [-0.1, -0.05) is 97.1 Å². The molecule has 0 fully saturated rings. The predicted molar refractivity (Wildman–Crippen MR) is 206 cm³/mol. The summed E-state index contributed by atoms with van der Waals surface area (Å²) in [6, 6.07) is 30.3. The Morgan fingerprint density at radius 2 is 0.520 bits per heavy atom. The van der Waals surface area contributed by atoms with Gasteiger partial charge in [0.25, 0.3) is 0 Å². The standard InChI is InChI=1S/C42H40N4O4/c1-29(47)43-39-21-9-33(10-22-39)5-17-37(18-6-34-11-23-40(24-12-34)44-30(2)48)38(19-7-35-13-25-41(26-14-35)45-31(3)49)20-8-36-15-27-42(28-16-36)46-32(4)50/h5-28H,1-4H3,(H,43,47)(H,44,48)(H,45,49)(H,46,50). The molecule has 0 heterocycles. The minimum absolute atomic E-state index is 0.133. The average Bonchev–Trinajstić information content (AvgIpc) is 3.07. The third kappa shape index (κ3) is 12.6. The minimum atomic E-state index is -0.133. The van der Waals surface area contributed by atoms with Gasteiger partial charge in [0.1, 0.15) is 0 Å². The Labute approximate surface area is 293 Å². The lowest BCUT2D eigenvalue weighted by Gasteiger charge is -2.06. The number of hydrogen-bond donors (Lipinski definition) is 4. The SMILES string of the molecule is CC(=O)Nc1ccc(C=CC(C=Cc2ccc(NC(C)=O)cc2)=C(C=Cc2ccc(NC(C)=O)cc2)C=Cc2ccc(NC(C)=O)cc2)cc1. The predicted octanol–water partition coefficient (Wildman–Crippen LogP) is 8.97. The second kappa shape index (κ2) is 18.1. The quantitative estimate of drug-likeness (QED) is 0.113. The fraction of sp³-hybridized carbons (Fsp3) is 0.0952. The van der Waals surface area contributed by atoms with Crippen molar-refractivity contribution in [2.75, 3.05) is 21.3 Å². The van der Waals surface area contributed by atoms with E-state index in [0.29, 0.717) is 22.7 Å². The molecule has 8 nitrogen and oxygen atoms in total. The van der Waals surface area contributed by atoms with Crippen LogP contribution in [0.25, 0.3) is 24.3 Å². The van der Waals surface area contributed by atoms with E-state index in [1.807, 2.05) is 146 Å². The summed E-state index contributed by atoms with van der Waals surface area (Å²) in [7, 11) is 0. The van der Waals surface area contributed by atoms with E-state index in [1.54, 1.807) is 0 Å². The summed E-state index contributed by atoms with van der Waals surface area (Å²) in [5.41, 5.74) is 8.44. The van der Waals surface area contributed by atoms with Crippen LogP contribution in [0.2, 0.25) is 0 Å². The van der Waals surface area contributed by atoms with Crippen LogP contribution in [0.4, 0.5) is 22.7 Å². The molecule has 4 aromatic rings. The first-order valence-corrected chi connectivity index (χ1v) is 16.0. The minimum Gasteiger partial charge on any atom is -0.326 e. The maximum atomic E-state index is 11.5. The summed E-state index contributed by atoms with van der Waals surface area (Å²) >= 11 is 0. The van der Waals surface area contributed by atoms with Gasteiger partial charge in [0.2, 0.25) is 23.6 Å². The van der Waals surface area contributed by atoms with Crippen LogP contribution < -0.4 is 21.3 Å². The van der Waals surface area contributed by atoms with Crippen molar-refractivity contribution in [3.8, 4) is 0 Å². The summed E-state index contributed by atoms with van der Waals surface area (Å²) in [6.07, 6.45) is 16.1. The molecule has 0 saturated carbocycles. The van der Waals surface area contributed by atoms with Crippen molar-refractivity contribution in [3.63, 3.8) is 0 Å². The Hall–Kier alpha value is -6.54. The Balaban J connectivity index is 1.77. The zero-order valence-electron chi connectivity index (χ0n) is 28.5. The number of hydrogen-bond acceptors (Lipinski definition) is 4. The molecule has 0 radical (unpaired) electrons. The van der Waals surface area contributed by atoms with Crippen LogP contribution in [0, 0.1) is 0 Å². The van der Waals surface area contributed by atoms with E-state index in [9.17, 15) is 19.2 Å². The van der Waals surface area contributed by atoms with E-state index in [2.05, 4.69) is 21.3 Å². The molecular weight excluding hydrogens is 624 g/mol. The number of rotatable bonds is 12. The van der Waals surface area contributed by atoms with Crippen molar-refractivity contribution in [3.05, 3.63) is 155 Å². The number of carbonyl (C=O) groups is 4. The molecule has 0 aromatic heterocycles. The third-order valence-electron chi connectivity index (χ3n) is 7.08. The van der Waals surface area contributed by atoms with Crippen molar-refractivity contribution in [1.82, 2.24) is 0 Å². The van der Waals surface area contributed by atoms with Gasteiger partial charge in [0.15, 0.2) is 0 Å². The second-order valence-corrected chi connectivity index (χ2v) is 11.5. The van der Waals surface area contributed by atoms with Crippen LogP contribution in [-0.4, -0.2) is 23.6 Å². The molecule has 0 aliphatic carbocycles. The van der Waals surface area contributed by atoms with Crippen LogP contribution >= 0.6 is 0 Å². The third-order valence-corrected chi connectivity index (χ3v) is 7.08. The number of anilines is 4. The van der Waals surface area contributed by atoms with Crippen molar-refractivity contribution in [2.45, 2.75) is 27.7 Å². The van der Waals surface area contributed by atoms with Gasteiger partial charge in [-0.3, -0.25) is 19.2 Å². The largest absolute Gasteiger partial charge is 0.326 e. The summed E-state index contributed by atoms with van der Waals surface area (Å²) in [4.78, 5) is 45.9. The molecule has 4 rings (SSSR count). The monoisotopic (exact) mass is 664 g/mol. The zero-order chi connectivity index (χ0) is 35.9. The van der Waals surface area contributed by atoms with Gasteiger partial charge in [-0.05, 0) is 81.9 Å². The number of benzene rings is 4. The first-order chi connectivity index (χ1) is 24.0. The van der Waals surface area contributed by atoms with Gasteiger partial charge < -0.3 is 21.3 Å². The van der Waals surface area contributed by atoms with Gasteiger partial charge in [-0.15, -0.1) is 0 Å². The number of nitrogens with one attached hydrogen (secondary N) is 4. The van der Waals surface area contributed by atoms with Crippen molar-refractivity contribution in [1.29, 1.82) is 0 Å². The molecule has 0 unspecified atom stereocenters. The molecule has 8 heteroatoms. The lowest BCUT2D eigenvalue weighted by Crippen LogP contribution is -2.05. The van der Waals surface area contributed by atoms with Crippen LogP contribution in [0.15, 0.2) is 133 Å². The fourth-order valence-corrected chi connectivity index (χ4v) is 4.76. The van der Waals surface area contributed by atoms with E-state index < -0.39 is 0 Å². The van der Waals surface area contributed by atoms with Gasteiger partial charge in [0, 0.05) is 50.4 Å². The molecule has 252 valence electrons. The summed E-state index contributed by atoms with van der Waals surface area (Å²) in [5.74, 6) is -0.532. The fourth-order valence-electron chi connectivity index (χ4n) is 4.76. The molecule has 4 aromatic carbocycles. The average molecular weight is 665 g/mol.